The van der Waals surface area contributed by atoms with Gasteiger partial charge in [0, 0.05) is 6.54 Å². The summed E-state index contributed by atoms with van der Waals surface area (Å²) in [7, 11) is 1.66. The standard InChI is InChI=1S/C13H18N4OS/c1-4-17-12(15-16-13(17)19)9(2)14-10-7-5-6-8-11(10)18-3/h5-9,14H,4H2,1-3H3,(H,16,19). The van der Waals surface area contributed by atoms with Crippen molar-refractivity contribution in [2.24, 2.45) is 0 Å². The SMILES string of the molecule is CCn1c(C(C)Nc2ccccc2OC)n[nH]c1=S. The monoisotopic (exact) mass is 278 g/mol. The highest BCUT2D eigenvalue weighted by Crippen LogP contribution is 2.27. The summed E-state index contributed by atoms with van der Waals surface area (Å²) in [6, 6.07) is 7.84. The summed E-state index contributed by atoms with van der Waals surface area (Å²) in [5, 5.41) is 10.5. The highest BCUT2D eigenvalue weighted by atomic mass is 32.1. The Hall–Kier alpha value is -1.82. The first-order valence-electron chi connectivity index (χ1n) is 6.22. The van der Waals surface area contributed by atoms with E-state index in [9.17, 15) is 0 Å². The third-order valence-corrected chi connectivity index (χ3v) is 3.28. The van der Waals surface area contributed by atoms with Crippen LogP contribution in [0, 0.1) is 4.77 Å². The number of nitrogens with zero attached hydrogens (tertiary/aromatic N) is 2. The average Bonchev–Trinajstić information content (AvgIpc) is 2.80. The third-order valence-electron chi connectivity index (χ3n) is 2.97. The minimum Gasteiger partial charge on any atom is -0.495 e. The van der Waals surface area contributed by atoms with E-state index in [0.717, 1.165) is 23.8 Å². The van der Waals surface area contributed by atoms with Crippen molar-refractivity contribution in [2.45, 2.75) is 26.4 Å². The number of aromatic amines is 1. The fraction of sp³-hybridized carbons (Fsp3) is 0.385. The fourth-order valence-electron chi connectivity index (χ4n) is 2.03. The molecule has 19 heavy (non-hydrogen) atoms. The quantitative estimate of drug-likeness (QED) is 0.825. The van der Waals surface area contributed by atoms with Gasteiger partial charge in [-0.25, -0.2) is 0 Å². The van der Waals surface area contributed by atoms with Crippen LogP contribution >= 0.6 is 12.2 Å². The maximum Gasteiger partial charge on any atom is 0.195 e. The Labute approximate surface area is 117 Å². The molecule has 102 valence electrons. The van der Waals surface area contributed by atoms with E-state index in [0.29, 0.717) is 4.77 Å². The number of rotatable bonds is 5. The lowest BCUT2D eigenvalue weighted by Crippen LogP contribution is -2.14. The molecule has 0 saturated carbocycles. The van der Waals surface area contributed by atoms with Crippen molar-refractivity contribution in [1.29, 1.82) is 0 Å². The predicted octanol–water partition coefficient (Wildman–Crippen LogP) is 3.14. The van der Waals surface area contributed by atoms with Crippen molar-refractivity contribution in [3.05, 3.63) is 34.9 Å². The molecule has 0 fully saturated rings. The molecule has 0 aliphatic heterocycles. The van der Waals surface area contributed by atoms with Crippen LogP contribution in [0.25, 0.3) is 0 Å². The maximum atomic E-state index is 5.33. The number of nitrogens with one attached hydrogen (secondary N) is 2. The largest absolute Gasteiger partial charge is 0.495 e. The van der Waals surface area contributed by atoms with Crippen molar-refractivity contribution in [3.8, 4) is 5.75 Å². The van der Waals surface area contributed by atoms with E-state index in [1.54, 1.807) is 7.11 Å². The third kappa shape index (κ3) is 2.78. The van der Waals surface area contributed by atoms with E-state index in [4.69, 9.17) is 17.0 Å². The molecule has 0 saturated heterocycles. The Balaban J connectivity index is 2.25. The van der Waals surface area contributed by atoms with Gasteiger partial charge in [0.1, 0.15) is 5.75 Å². The van der Waals surface area contributed by atoms with Crippen molar-refractivity contribution >= 4 is 17.9 Å². The van der Waals surface area contributed by atoms with Crippen LogP contribution in [0.5, 0.6) is 5.75 Å². The second-order valence-electron chi connectivity index (χ2n) is 4.20. The van der Waals surface area contributed by atoms with E-state index in [1.165, 1.54) is 0 Å². The minimum atomic E-state index is 0.0317. The lowest BCUT2D eigenvalue weighted by molar-refractivity contribution is 0.416. The van der Waals surface area contributed by atoms with Crippen molar-refractivity contribution in [3.63, 3.8) is 0 Å². The summed E-state index contributed by atoms with van der Waals surface area (Å²) >= 11 is 5.20. The number of para-hydroxylation sites is 2. The van der Waals surface area contributed by atoms with Crippen LogP contribution in [0.2, 0.25) is 0 Å². The smallest absolute Gasteiger partial charge is 0.195 e. The number of hydrogen-bond donors (Lipinski definition) is 2. The number of H-pyrrole nitrogens is 1. The Morgan fingerprint density at radius 3 is 2.89 bits per heavy atom. The molecule has 0 aliphatic carbocycles. The fourth-order valence-corrected chi connectivity index (χ4v) is 2.30. The van der Waals surface area contributed by atoms with Crippen LogP contribution in [-0.4, -0.2) is 21.9 Å². The summed E-state index contributed by atoms with van der Waals surface area (Å²) in [5.41, 5.74) is 0.939. The molecule has 1 unspecified atom stereocenters. The van der Waals surface area contributed by atoms with Gasteiger partial charge in [-0.05, 0) is 38.2 Å². The van der Waals surface area contributed by atoms with Gasteiger partial charge in [-0.2, -0.15) is 5.10 Å². The highest BCUT2D eigenvalue weighted by Gasteiger charge is 2.14. The molecule has 1 heterocycles. The molecule has 1 atom stereocenters. The topological polar surface area (TPSA) is 54.9 Å². The second-order valence-corrected chi connectivity index (χ2v) is 4.58. The first-order chi connectivity index (χ1) is 9.17. The van der Waals surface area contributed by atoms with E-state index >= 15 is 0 Å². The summed E-state index contributed by atoms with van der Waals surface area (Å²) < 4.78 is 7.94. The van der Waals surface area contributed by atoms with E-state index in [2.05, 4.69) is 15.5 Å². The van der Waals surface area contributed by atoms with Gasteiger partial charge in [-0.1, -0.05) is 12.1 Å². The molecule has 6 heteroatoms. The molecule has 5 nitrogen and oxygen atoms in total. The Morgan fingerprint density at radius 1 is 1.47 bits per heavy atom. The van der Waals surface area contributed by atoms with E-state index < -0.39 is 0 Å². The average molecular weight is 278 g/mol. The second kappa shape index (κ2) is 5.88. The van der Waals surface area contributed by atoms with Crippen LogP contribution in [0.15, 0.2) is 24.3 Å². The Bertz CT molecular complexity index is 605. The molecule has 0 radical (unpaired) electrons. The van der Waals surface area contributed by atoms with Gasteiger partial charge in [-0.15, -0.1) is 0 Å². The molecule has 0 amide bonds. The lowest BCUT2D eigenvalue weighted by Gasteiger charge is -2.17. The molecule has 0 aliphatic rings. The summed E-state index contributed by atoms with van der Waals surface area (Å²) in [6.07, 6.45) is 0. The molecule has 1 aromatic heterocycles. The van der Waals surface area contributed by atoms with Gasteiger partial charge in [0.2, 0.25) is 0 Å². The minimum absolute atomic E-state index is 0.0317. The maximum absolute atomic E-state index is 5.33. The van der Waals surface area contributed by atoms with Crippen molar-refractivity contribution < 1.29 is 4.74 Å². The van der Waals surface area contributed by atoms with Crippen molar-refractivity contribution in [1.82, 2.24) is 14.8 Å². The number of methoxy groups -OCH3 is 1. The zero-order chi connectivity index (χ0) is 13.8. The number of anilines is 1. The van der Waals surface area contributed by atoms with Crippen LogP contribution in [0.1, 0.15) is 25.7 Å². The molecule has 0 spiro atoms. The van der Waals surface area contributed by atoms with Gasteiger partial charge >= 0.3 is 0 Å². The van der Waals surface area contributed by atoms with Gasteiger partial charge in [-0.3, -0.25) is 5.10 Å². The molecule has 2 rings (SSSR count). The van der Waals surface area contributed by atoms with Gasteiger partial charge in [0.05, 0.1) is 18.8 Å². The highest BCUT2D eigenvalue weighted by molar-refractivity contribution is 7.71. The zero-order valence-corrected chi connectivity index (χ0v) is 12.1. The number of benzene rings is 1. The molecular weight excluding hydrogens is 260 g/mol. The predicted molar refractivity (Wildman–Crippen MR) is 78.1 cm³/mol. The summed E-state index contributed by atoms with van der Waals surface area (Å²) in [5.74, 6) is 1.70. The Morgan fingerprint density at radius 2 is 2.21 bits per heavy atom. The number of aromatic nitrogens is 3. The van der Waals surface area contributed by atoms with E-state index in [-0.39, 0.29) is 6.04 Å². The number of hydrogen-bond acceptors (Lipinski definition) is 4. The Kier molecular flexibility index (Phi) is 4.21. The van der Waals surface area contributed by atoms with Gasteiger partial charge < -0.3 is 14.6 Å². The van der Waals surface area contributed by atoms with Crippen LogP contribution < -0.4 is 10.1 Å². The molecular formula is C13H18N4OS. The first-order valence-corrected chi connectivity index (χ1v) is 6.62. The molecule has 2 aromatic rings. The first kappa shape index (κ1) is 13.6. The van der Waals surface area contributed by atoms with E-state index in [1.807, 2.05) is 42.7 Å². The lowest BCUT2D eigenvalue weighted by atomic mass is 10.2. The van der Waals surface area contributed by atoms with Crippen LogP contribution in [0.4, 0.5) is 5.69 Å². The summed E-state index contributed by atoms with van der Waals surface area (Å²) in [4.78, 5) is 0. The number of ether oxygens (including phenoxy) is 1. The van der Waals surface area contributed by atoms with Gasteiger partial charge in [0.15, 0.2) is 10.6 Å². The summed E-state index contributed by atoms with van der Waals surface area (Å²) in [6.45, 7) is 4.89. The normalized spacial score (nSPS) is 12.2. The van der Waals surface area contributed by atoms with Gasteiger partial charge in [0.25, 0.3) is 0 Å². The molecule has 1 aromatic carbocycles. The van der Waals surface area contributed by atoms with Crippen LogP contribution in [0.3, 0.4) is 0 Å². The molecule has 2 N–H and O–H groups in total. The van der Waals surface area contributed by atoms with Crippen molar-refractivity contribution in [2.75, 3.05) is 12.4 Å². The van der Waals surface area contributed by atoms with Crippen LogP contribution in [-0.2, 0) is 6.54 Å². The molecule has 0 bridgehead atoms. The zero-order valence-electron chi connectivity index (χ0n) is 11.3.